The standard InChI is InChI=1S/C13H18FN/c1-9(15-2)10-3-4-12-8-13(14)6-5-11(12)7-10/h5-6,8-10,15H,3-4,7H2,1-2H3. The van der Waals surface area contributed by atoms with Crippen molar-refractivity contribution in [2.45, 2.75) is 32.2 Å². The number of rotatable bonds is 2. The highest BCUT2D eigenvalue weighted by Crippen LogP contribution is 2.27. The molecule has 0 heterocycles. The molecule has 0 spiro atoms. The first-order valence-electron chi connectivity index (χ1n) is 5.65. The Bertz CT molecular complexity index is 348. The summed E-state index contributed by atoms with van der Waals surface area (Å²) in [6.07, 6.45) is 3.26. The van der Waals surface area contributed by atoms with Crippen LogP contribution in [0.2, 0.25) is 0 Å². The minimum atomic E-state index is -0.103. The van der Waals surface area contributed by atoms with Crippen LogP contribution < -0.4 is 5.32 Å². The van der Waals surface area contributed by atoms with Crippen LogP contribution in [0.1, 0.15) is 24.5 Å². The molecular weight excluding hydrogens is 189 g/mol. The molecule has 2 unspecified atom stereocenters. The molecule has 0 fully saturated rings. The Hall–Kier alpha value is -0.890. The summed E-state index contributed by atoms with van der Waals surface area (Å²) < 4.78 is 13.0. The molecule has 0 radical (unpaired) electrons. The molecule has 15 heavy (non-hydrogen) atoms. The quantitative estimate of drug-likeness (QED) is 0.786. The number of hydrogen-bond donors (Lipinski definition) is 1. The van der Waals surface area contributed by atoms with E-state index in [1.807, 2.05) is 13.1 Å². The van der Waals surface area contributed by atoms with Crippen LogP contribution in [0.3, 0.4) is 0 Å². The minimum Gasteiger partial charge on any atom is -0.317 e. The molecule has 82 valence electrons. The van der Waals surface area contributed by atoms with Gasteiger partial charge in [0.25, 0.3) is 0 Å². The molecule has 0 aromatic heterocycles. The van der Waals surface area contributed by atoms with Gasteiger partial charge in [-0.15, -0.1) is 0 Å². The molecular formula is C13H18FN. The summed E-state index contributed by atoms with van der Waals surface area (Å²) in [5.74, 6) is 0.585. The highest BCUT2D eigenvalue weighted by atomic mass is 19.1. The molecule has 1 nitrogen and oxygen atoms in total. The third-order valence-corrected chi connectivity index (χ3v) is 3.60. The van der Waals surface area contributed by atoms with Crippen molar-refractivity contribution < 1.29 is 4.39 Å². The molecule has 1 aliphatic rings. The third-order valence-electron chi connectivity index (χ3n) is 3.60. The van der Waals surface area contributed by atoms with E-state index < -0.39 is 0 Å². The highest BCUT2D eigenvalue weighted by molar-refractivity contribution is 5.30. The first-order valence-corrected chi connectivity index (χ1v) is 5.65. The van der Waals surface area contributed by atoms with Gasteiger partial charge in [-0.05, 0) is 62.4 Å². The maximum absolute atomic E-state index is 13.0. The van der Waals surface area contributed by atoms with E-state index in [1.165, 1.54) is 17.5 Å². The van der Waals surface area contributed by atoms with E-state index in [9.17, 15) is 4.39 Å². The number of benzene rings is 1. The van der Waals surface area contributed by atoms with Crippen molar-refractivity contribution in [2.75, 3.05) is 7.05 Å². The smallest absolute Gasteiger partial charge is 0.123 e. The van der Waals surface area contributed by atoms with Gasteiger partial charge in [-0.2, -0.15) is 0 Å². The van der Waals surface area contributed by atoms with Crippen LogP contribution in [-0.2, 0) is 12.8 Å². The second-order valence-corrected chi connectivity index (χ2v) is 4.49. The fourth-order valence-corrected chi connectivity index (χ4v) is 2.41. The van der Waals surface area contributed by atoms with Crippen molar-refractivity contribution in [2.24, 2.45) is 5.92 Å². The summed E-state index contributed by atoms with van der Waals surface area (Å²) >= 11 is 0. The van der Waals surface area contributed by atoms with Crippen molar-refractivity contribution >= 4 is 0 Å². The first kappa shape index (κ1) is 10.6. The van der Waals surface area contributed by atoms with Crippen LogP contribution in [0.25, 0.3) is 0 Å². The van der Waals surface area contributed by atoms with Crippen molar-refractivity contribution in [1.29, 1.82) is 0 Å². The largest absolute Gasteiger partial charge is 0.317 e. The predicted octanol–water partition coefficient (Wildman–Crippen LogP) is 2.54. The van der Waals surface area contributed by atoms with Crippen molar-refractivity contribution in [3.8, 4) is 0 Å². The molecule has 2 atom stereocenters. The number of nitrogens with one attached hydrogen (secondary N) is 1. The Kier molecular flexibility index (Phi) is 3.06. The highest BCUT2D eigenvalue weighted by Gasteiger charge is 2.22. The molecule has 2 rings (SSSR count). The second-order valence-electron chi connectivity index (χ2n) is 4.49. The molecule has 1 aromatic carbocycles. The topological polar surface area (TPSA) is 12.0 Å². The van der Waals surface area contributed by atoms with Crippen LogP contribution in [0.4, 0.5) is 4.39 Å². The van der Waals surface area contributed by atoms with Crippen LogP contribution in [-0.4, -0.2) is 13.1 Å². The SMILES string of the molecule is CNC(C)C1CCc2cc(F)ccc2C1. The van der Waals surface area contributed by atoms with E-state index in [0.717, 1.165) is 12.8 Å². The second kappa shape index (κ2) is 4.31. The Morgan fingerprint density at radius 2 is 2.20 bits per heavy atom. The summed E-state index contributed by atoms with van der Waals surface area (Å²) in [6, 6.07) is 5.75. The van der Waals surface area contributed by atoms with Crippen LogP contribution in [0.5, 0.6) is 0 Å². The summed E-state index contributed by atoms with van der Waals surface area (Å²) in [5.41, 5.74) is 2.53. The first-order chi connectivity index (χ1) is 7.20. The van der Waals surface area contributed by atoms with Crippen molar-refractivity contribution in [3.05, 3.63) is 35.1 Å². The van der Waals surface area contributed by atoms with E-state index >= 15 is 0 Å². The van der Waals surface area contributed by atoms with Crippen molar-refractivity contribution in [1.82, 2.24) is 5.32 Å². The predicted molar refractivity (Wildman–Crippen MR) is 60.4 cm³/mol. The lowest BCUT2D eigenvalue weighted by molar-refractivity contribution is 0.354. The summed E-state index contributed by atoms with van der Waals surface area (Å²) in [6.45, 7) is 2.22. The van der Waals surface area contributed by atoms with E-state index in [4.69, 9.17) is 0 Å². The van der Waals surface area contributed by atoms with Crippen LogP contribution in [0.15, 0.2) is 18.2 Å². The molecule has 2 heteroatoms. The van der Waals surface area contributed by atoms with Crippen molar-refractivity contribution in [3.63, 3.8) is 0 Å². The lowest BCUT2D eigenvalue weighted by atomic mass is 9.80. The molecule has 1 aliphatic carbocycles. The normalized spacial score (nSPS) is 22.2. The Morgan fingerprint density at radius 3 is 2.93 bits per heavy atom. The summed E-state index contributed by atoms with van der Waals surface area (Å²) in [4.78, 5) is 0. The average Bonchev–Trinajstić information content (AvgIpc) is 2.27. The van der Waals surface area contributed by atoms with E-state index in [1.54, 1.807) is 12.1 Å². The van der Waals surface area contributed by atoms with Gasteiger partial charge in [-0.1, -0.05) is 6.07 Å². The number of aryl methyl sites for hydroxylation is 1. The Balaban J connectivity index is 2.16. The molecule has 0 saturated heterocycles. The maximum Gasteiger partial charge on any atom is 0.123 e. The molecule has 0 amide bonds. The van der Waals surface area contributed by atoms with Gasteiger partial charge in [0.1, 0.15) is 5.82 Å². The maximum atomic E-state index is 13.0. The van der Waals surface area contributed by atoms with Crippen LogP contribution in [0, 0.1) is 11.7 Å². The van der Waals surface area contributed by atoms with Crippen LogP contribution >= 0.6 is 0 Å². The van der Waals surface area contributed by atoms with Gasteiger partial charge < -0.3 is 5.32 Å². The van der Waals surface area contributed by atoms with E-state index in [2.05, 4.69) is 12.2 Å². The van der Waals surface area contributed by atoms with Gasteiger partial charge in [0.05, 0.1) is 0 Å². The minimum absolute atomic E-state index is 0.103. The molecule has 0 saturated carbocycles. The Labute approximate surface area is 90.7 Å². The van der Waals surface area contributed by atoms with Gasteiger partial charge in [-0.25, -0.2) is 4.39 Å². The Morgan fingerprint density at radius 1 is 1.40 bits per heavy atom. The molecule has 1 N–H and O–H groups in total. The zero-order valence-corrected chi connectivity index (χ0v) is 9.39. The number of fused-ring (bicyclic) bond motifs is 1. The van der Waals surface area contributed by atoms with Gasteiger partial charge in [0.15, 0.2) is 0 Å². The van der Waals surface area contributed by atoms with Gasteiger partial charge in [0.2, 0.25) is 0 Å². The van der Waals surface area contributed by atoms with Gasteiger partial charge in [-0.3, -0.25) is 0 Å². The molecule has 0 bridgehead atoms. The number of halogens is 1. The van der Waals surface area contributed by atoms with Gasteiger partial charge in [0, 0.05) is 6.04 Å². The summed E-state index contributed by atoms with van der Waals surface area (Å²) in [7, 11) is 2.00. The lowest BCUT2D eigenvalue weighted by Crippen LogP contribution is -2.34. The lowest BCUT2D eigenvalue weighted by Gasteiger charge is -2.29. The fourth-order valence-electron chi connectivity index (χ4n) is 2.41. The van der Waals surface area contributed by atoms with Gasteiger partial charge >= 0.3 is 0 Å². The molecule has 0 aliphatic heterocycles. The zero-order chi connectivity index (χ0) is 10.8. The number of hydrogen-bond acceptors (Lipinski definition) is 1. The van der Waals surface area contributed by atoms with E-state index in [-0.39, 0.29) is 5.82 Å². The average molecular weight is 207 g/mol. The third kappa shape index (κ3) is 2.20. The summed E-state index contributed by atoms with van der Waals surface area (Å²) in [5, 5.41) is 3.30. The fraction of sp³-hybridized carbons (Fsp3) is 0.538. The zero-order valence-electron chi connectivity index (χ0n) is 9.39. The molecule has 1 aromatic rings. The monoisotopic (exact) mass is 207 g/mol. The van der Waals surface area contributed by atoms with E-state index in [0.29, 0.717) is 12.0 Å².